The molecule has 4 aromatic rings. The SMILES string of the molecule is O=C(CSc1nc(-c2ccccc2)cc(-c2ccccc2)n1)Nc1ccc2c(c1)OCCO2. The summed E-state index contributed by atoms with van der Waals surface area (Å²) >= 11 is 1.30. The Bertz CT molecular complexity index is 1210. The number of thioether (sulfide) groups is 1. The van der Waals surface area contributed by atoms with Crippen LogP contribution in [0.4, 0.5) is 5.69 Å². The van der Waals surface area contributed by atoms with Crippen LogP contribution in [0.5, 0.6) is 11.5 Å². The van der Waals surface area contributed by atoms with Gasteiger partial charge in [0, 0.05) is 22.9 Å². The van der Waals surface area contributed by atoms with Crippen molar-refractivity contribution in [1.29, 1.82) is 0 Å². The maximum absolute atomic E-state index is 12.6. The summed E-state index contributed by atoms with van der Waals surface area (Å²) in [6.07, 6.45) is 0. The molecule has 0 atom stereocenters. The molecular formula is C26H21N3O3S. The van der Waals surface area contributed by atoms with E-state index in [1.807, 2.05) is 66.7 Å². The van der Waals surface area contributed by atoms with Crippen LogP contribution in [-0.2, 0) is 4.79 Å². The van der Waals surface area contributed by atoms with Gasteiger partial charge in [0.1, 0.15) is 13.2 Å². The molecule has 33 heavy (non-hydrogen) atoms. The van der Waals surface area contributed by atoms with Crippen LogP contribution in [0.25, 0.3) is 22.5 Å². The smallest absolute Gasteiger partial charge is 0.234 e. The molecule has 0 saturated carbocycles. The van der Waals surface area contributed by atoms with E-state index >= 15 is 0 Å². The van der Waals surface area contributed by atoms with Crippen molar-refractivity contribution in [2.75, 3.05) is 24.3 Å². The normalized spacial score (nSPS) is 12.2. The fraction of sp³-hybridized carbons (Fsp3) is 0.115. The molecule has 5 rings (SSSR count). The van der Waals surface area contributed by atoms with Gasteiger partial charge in [-0.25, -0.2) is 9.97 Å². The van der Waals surface area contributed by atoms with E-state index in [2.05, 4.69) is 5.32 Å². The lowest BCUT2D eigenvalue weighted by Crippen LogP contribution is -2.17. The first-order valence-electron chi connectivity index (χ1n) is 10.6. The van der Waals surface area contributed by atoms with Crippen LogP contribution in [0.1, 0.15) is 0 Å². The molecule has 6 nitrogen and oxygen atoms in total. The highest BCUT2D eigenvalue weighted by Crippen LogP contribution is 2.33. The van der Waals surface area contributed by atoms with Gasteiger partial charge in [0.05, 0.1) is 17.1 Å². The summed E-state index contributed by atoms with van der Waals surface area (Å²) in [6, 6.07) is 27.3. The number of hydrogen-bond donors (Lipinski definition) is 1. The lowest BCUT2D eigenvalue weighted by molar-refractivity contribution is -0.113. The van der Waals surface area contributed by atoms with Gasteiger partial charge in [-0.2, -0.15) is 0 Å². The first kappa shape index (κ1) is 21.0. The van der Waals surface area contributed by atoms with Crippen molar-refractivity contribution in [2.45, 2.75) is 5.16 Å². The average Bonchev–Trinajstić information content (AvgIpc) is 2.88. The molecular weight excluding hydrogens is 434 g/mol. The topological polar surface area (TPSA) is 73.3 Å². The van der Waals surface area contributed by atoms with E-state index in [0.29, 0.717) is 35.6 Å². The number of carbonyl (C=O) groups excluding carboxylic acids is 1. The zero-order valence-corrected chi connectivity index (χ0v) is 18.5. The quantitative estimate of drug-likeness (QED) is 0.314. The molecule has 2 heterocycles. The second-order valence-corrected chi connectivity index (χ2v) is 8.29. The predicted octanol–water partition coefficient (Wildman–Crippen LogP) is 5.31. The maximum atomic E-state index is 12.6. The lowest BCUT2D eigenvalue weighted by atomic mass is 10.1. The Kier molecular flexibility index (Phi) is 6.21. The Labute approximate surface area is 196 Å². The number of fused-ring (bicyclic) bond motifs is 1. The lowest BCUT2D eigenvalue weighted by Gasteiger charge is -2.19. The van der Waals surface area contributed by atoms with E-state index in [1.54, 1.807) is 18.2 Å². The van der Waals surface area contributed by atoms with Crippen molar-refractivity contribution >= 4 is 23.4 Å². The van der Waals surface area contributed by atoms with Gasteiger partial charge in [0.2, 0.25) is 5.91 Å². The molecule has 7 heteroatoms. The van der Waals surface area contributed by atoms with Gasteiger partial charge in [-0.15, -0.1) is 0 Å². The number of aromatic nitrogens is 2. The fourth-order valence-corrected chi connectivity index (χ4v) is 4.11. The molecule has 3 aromatic carbocycles. The Morgan fingerprint density at radius 1 is 0.788 bits per heavy atom. The molecule has 1 N–H and O–H groups in total. The van der Waals surface area contributed by atoms with Crippen molar-refractivity contribution in [3.63, 3.8) is 0 Å². The molecule has 0 bridgehead atoms. The fourth-order valence-electron chi connectivity index (χ4n) is 3.45. The predicted molar refractivity (Wildman–Crippen MR) is 130 cm³/mol. The molecule has 1 aromatic heterocycles. The van der Waals surface area contributed by atoms with E-state index in [0.717, 1.165) is 22.5 Å². The Balaban J connectivity index is 1.33. The van der Waals surface area contributed by atoms with Crippen molar-refractivity contribution in [1.82, 2.24) is 9.97 Å². The van der Waals surface area contributed by atoms with Gasteiger partial charge < -0.3 is 14.8 Å². The molecule has 1 aliphatic heterocycles. The standard InChI is InChI=1S/C26H21N3O3S/c30-25(27-20-11-12-23-24(15-20)32-14-13-31-23)17-33-26-28-21(18-7-3-1-4-8-18)16-22(29-26)19-9-5-2-6-10-19/h1-12,15-16H,13-14,17H2,(H,27,30). The van der Waals surface area contributed by atoms with Crippen molar-refractivity contribution < 1.29 is 14.3 Å². The van der Waals surface area contributed by atoms with E-state index in [-0.39, 0.29) is 11.7 Å². The van der Waals surface area contributed by atoms with Crippen LogP contribution < -0.4 is 14.8 Å². The molecule has 0 saturated heterocycles. The highest BCUT2D eigenvalue weighted by Gasteiger charge is 2.14. The largest absolute Gasteiger partial charge is 0.486 e. The molecule has 0 fully saturated rings. The van der Waals surface area contributed by atoms with Crippen LogP contribution in [-0.4, -0.2) is 34.8 Å². The Morgan fingerprint density at radius 3 is 2.03 bits per heavy atom. The first-order valence-corrected chi connectivity index (χ1v) is 11.6. The third-order valence-electron chi connectivity index (χ3n) is 5.00. The summed E-state index contributed by atoms with van der Waals surface area (Å²) in [4.78, 5) is 22.0. The zero-order valence-electron chi connectivity index (χ0n) is 17.7. The number of rotatable bonds is 6. The number of carbonyl (C=O) groups is 1. The molecule has 1 aliphatic rings. The third-order valence-corrected chi connectivity index (χ3v) is 5.85. The number of benzene rings is 3. The van der Waals surface area contributed by atoms with Crippen molar-refractivity contribution in [3.8, 4) is 34.0 Å². The number of anilines is 1. The van der Waals surface area contributed by atoms with Crippen LogP contribution >= 0.6 is 11.8 Å². The van der Waals surface area contributed by atoms with Crippen LogP contribution in [0.15, 0.2) is 90.1 Å². The summed E-state index contributed by atoms with van der Waals surface area (Å²) in [7, 11) is 0. The summed E-state index contributed by atoms with van der Waals surface area (Å²) in [5.74, 6) is 1.36. The number of nitrogens with zero attached hydrogens (tertiary/aromatic N) is 2. The van der Waals surface area contributed by atoms with Gasteiger partial charge in [-0.1, -0.05) is 72.4 Å². The van der Waals surface area contributed by atoms with Gasteiger partial charge >= 0.3 is 0 Å². The highest BCUT2D eigenvalue weighted by atomic mass is 32.2. The minimum absolute atomic E-state index is 0.147. The number of ether oxygens (including phenoxy) is 2. The highest BCUT2D eigenvalue weighted by molar-refractivity contribution is 7.99. The number of hydrogen-bond acceptors (Lipinski definition) is 6. The Morgan fingerprint density at radius 2 is 1.39 bits per heavy atom. The molecule has 1 amide bonds. The summed E-state index contributed by atoms with van der Waals surface area (Å²) < 4.78 is 11.1. The van der Waals surface area contributed by atoms with Crippen LogP contribution in [0.3, 0.4) is 0 Å². The monoisotopic (exact) mass is 455 g/mol. The zero-order chi connectivity index (χ0) is 22.5. The van der Waals surface area contributed by atoms with Crippen LogP contribution in [0.2, 0.25) is 0 Å². The molecule has 0 unspecified atom stereocenters. The number of nitrogens with one attached hydrogen (secondary N) is 1. The van der Waals surface area contributed by atoms with Gasteiger partial charge in [0.15, 0.2) is 16.7 Å². The Hall–Kier alpha value is -3.84. The number of amides is 1. The molecule has 0 radical (unpaired) electrons. The average molecular weight is 456 g/mol. The molecule has 164 valence electrons. The minimum atomic E-state index is -0.147. The molecule has 0 spiro atoms. The van der Waals surface area contributed by atoms with Crippen molar-refractivity contribution in [3.05, 3.63) is 84.9 Å². The third kappa shape index (κ3) is 5.15. The van der Waals surface area contributed by atoms with Crippen LogP contribution in [0, 0.1) is 0 Å². The maximum Gasteiger partial charge on any atom is 0.234 e. The van der Waals surface area contributed by atoms with E-state index < -0.39 is 0 Å². The molecule has 0 aliphatic carbocycles. The summed E-state index contributed by atoms with van der Waals surface area (Å²) in [6.45, 7) is 1.03. The van der Waals surface area contributed by atoms with Gasteiger partial charge in [0.25, 0.3) is 0 Å². The second-order valence-electron chi connectivity index (χ2n) is 7.35. The minimum Gasteiger partial charge on any atom is -0.486 e. The first-order chi connectivity index (χ1) is 16.2. The second kappa shape index (κ2) is 9.75. The van der Waals surface area contributed by atoms with Gasteiger partial charge in [-0.05, 0) is 18.2 Å². The van der Waals surface area contributed by atoms with Crippen molar-refractivity contribution in [2.24, 2.45) is 0 Å². The van der Waals surface area contributed by atoms with E-state index in [1.165, 1.54) is 11.8 Å². The summed E-state index contributed by atoms with van der Waals surface area (Å²) in [5, 5.41) is 3.45. The van der Waals surface area contributed by atoms with E-state index in [9.17, 15) is 4.79 Å². The van der Waals surface area contributed by atoms with E-state index in [4.69, 9.17) is 19.4 Å². The van der Waals surface area contributed by atoms with Gasteiger partial charge in [-0.3, -0.25) is 4.79 Å². The summed E-state index contributed by atoms with van der Waals surface area (Å²) in [5.41, 5.74) is 4.30.